The monoisotopic (exact) mass is 404 g/mol. The van der Waals surface area contributed by atoms with E-state index in [2.05, 4.69) is 18.9 Å². The molecule has 1 amide bonds. The molecule has 5 nitrogen and oxygen atoms in total. The van der Waals surface area contributed by atoms with Gasteiger partial charge in [0, 0.05) is 26.3 Å². The number of carbonyl (C=O) groups excluding carboxylic acids is 1. The van der Waals surface area contributed by atoms with Crippen molar-refractivity contribution >= 4 is 40.1 Å². The lowest BCUT2D eigenvalue weighted by atomic mass is 10.0. The molecule has 0 N–H and O–H groups in total. The first kappa shape index (κ1) is 19.6. The summed E-state index contributed by atoms with van der Waals surface area (Å²) in [5.74, 6) is 0.128. The highest BCUT2D eigenvalue weighted by atomic mass is 35.5. The van der Waals surface area contributed by atoms with Gasteiger partial charge in [-0.25, -0.2) is 4.98 Å². The Kier molecular flexibility index (Phi) is 5.45. The van der Waals surface area contributed by atoms with Gasteiger partial charge >= 0.3 is 0 Å². The Hall–Kier alpha value is -2.11. The highest BCUT2D eigenvalue weighted by Gasteiger charge is 2.22. The first-order valence-electron chi connectivity index (χ1n) is 8.72. The van der Waals surface area contributed by atoms with Crippen molar-refractivity contribution in [1.82, 2.24) is 19.7 Å². The summed E-state index contributed by atoms with van der Waals surface area (Å²) in [5, 5.41) is 6.22. The fraction of sp³-hybridized carbons (Fsp3) is 0.350. The Morgan fingerprint density at radius 3 is 2.56 bits per heavy atom. The molecule has 0 aliphatic carbocycles. The molecular weight excluding hydrogens is 383 g/mol. The lowest BCUT2D eigenvalue weighted by Crippen LogP contribution is -2.26. The van der Waals surface area contributed by atoms with Crippen LogP contribution in [0.2, 0.25) is 10.0 Å². The first-order chi connectivity index (χ1) is 12.7. The number of nitrogens with zero attached hydrogens (tertiary/aromatic N) is 4. The third-order valence-corrected chi connectivity index (χ3v) is 5.30. The van der Waals surface area contributed by atoms with E-state index in [1.807, 2.05) is 26.1 Å². The summed E-state index contributed by atoms with van der Waals surface area (Å²) in [6.45, 7) is 6.45. The molecule has 0 radical (unpaired) electrons. The van der Waals surface area contributed by atoms with Gasteiger partial charge in [-0.2, -0.15) is 5.10 Å². The maximum Gasteiger partial charge on any atom is 0.254 e. The second-order valence-corrected chi connectivity index (χ2v) is 7.88. The van der Waals surface area contributed by atoms with Crippen LogP contribution in [0.1, 0.15) is 47.1 Å². The molecule has 0 saturated carbocycles. The molecule has 3 aromatic rings. The van der Waals surface area contributed by atoms with Gasteiger partial charge in [0.05, 0.1) is 26.7 Å². The molecule has 0 aliphatic rings. The summed E-state index contributed by atoms with van der Waals surface area (Å²) in [7, 11) is 3.62. The number of hydrogen-bond acceptors (Lipinski definition) is 3. The van der Waals surface area contributed by atoms with Gasteiger partial charge in [0.15, 0.2) is 5.65 Å². The van der Waals surface area contributed by atoms with Crippen molar-refractivity contribution in [3.05, 3.63) is 56.8 Å². The highest BCUT2D eigenvalue weighted by molar-refractivity contribution is 6.42. The van der Waals surface area contributed by atoms with E-state index in [1.165, 1.54) is 0 Å². The summed E-state index contributed by atoms with van der Waals surface area (Å²) in [4.78, 5) is 19.6. The zero-order valence-electron chi connectivity index (χ0n) is 16.0. The predicted octanol–water partition coefficient (Wildman–Crippen LogP) is 4.98. The summed E-state index contributed by atoms with van der Waals surface area (Å²) >= 11 is 12.1. The van der Waals surface area contributed by atoms with Gasteiger partial charge in [-0.3, -0.25) is 9.48 Å². The average Bonchev–Trinajstić information content (AvgIpc) is 2.91. The Morgan fingerprint density at radius 2 is 1.93 bits per heavy atom. The molecule has 0 atom stereocenters. The number of hydrogen-bond donors (Lipinski definition) is 0. The minimum Gasteiger partial charge on any atom is -0.337 e. The quantitative estimate of drug-likeness (QED) is 0.615. The van der Waals surface area contributed by atoms with Crippen molar-refractivity contribution in [3.8, 4) is 0 Å². The van der Waals surface area contributed by atoms with Crippen molar-refractivity contribution in [1.29, 1.82) is 0 Å². The van der Waals surface area contributed by atoms with Crippen LogP contribution < -0.4 is 0 Å². The number of pyridine rings is 1. The normalized spacial score (nSPS) is 11.4. The van der Waals surface area contributed by atoms with Crippen LogP contribution in [0.4, 0.5) is 0 Å². The maximum atomic E-state index is 13.3. The molecule has 0 unspecified atom stereocenters. The number of rotatable bonds is 4. The van der Waals surface area contributed by atoms with Gasteiger partial charge in [0.2, 0.25) is 0 Å². The summed E-state index contributed by atoms with van der Waals surface area (Å²) in [6.07, 6.45) is 0. The average molecular weight is 405 g/mol. The number of fused-ring (bicyclic) bond motifs is 1. The van der Waals surface area contributed by atoms with Gasteiger partial charge in [-0.15, -0.1) is 0 Å². The Morgan fingerprint density at radius 1 is 1.22 bits per heavy atom. The second-order valence-electron chi connectivity index (χ2n) is 7.07. The molecule has 27 heavy (non-hydrogen) atoms. The van der Waals surface area contributed by atoms with E-state index in [0.717, 1.165) is 28.0 Å². The van der Waals surface area contributed by atoms with Crippen LogP contribution >= 0.6 is 23.2 Å². The van der Waals surface area contributed by atoms with Crippen LogP contribution in [0.5, 0.6) is 0 Å². The minimum atomic E-state index is -0.0773. The predicted molar refractivity (Wildman–Crippen MR) is 110 cm³/mol. The Balaban J connectivity index is 2.02. The fourth-order valence-corrected chi connectivity index (χ4v) is 3.44. The van der Waals surface area contributed by atoms with Crippen molar-refractivity contribution in [2.24, 2.45) is 7.05 Å². The van der Waals surface area contributed by atoms with Crippen molar-refractivity contribution in [2.45, 2.75) is 33.2 Å². The number of aryl methyl sites for hydroxylation is 2. The van der Waals surface area contributed by atoms with E-state index in [1.54, 1.807) is 28.8 Å². The molecule has 0 bridgehead atoms. The van der Waals surface area contributed by atoms with Gasteiger partial charge < -0.3 is 4.90 Å². The molecule has 142 valence electrons. The lowest BCUT2D eigenvalue weighted by molar-refractivity contribution is 0.0787. The van der Waals surface area contributed by atoms with Gasteiger partial charge in [-0.1, -0.05) is 43.1 Å². The van der Waals surface area contributed by atoms with Crippen LogP contribution in [-0.4, -0.2) is 32.6 Å². The van der Waals surface area contributed by atoms with Crippen LogP contribution in [-0.2, 0) is 13.6 Å². The fourth-order valence-electron chi connectivity index (χ4n) is 3.12. The van der Waals surface area contributed by atoms with Crippen LogP contribution in [0.3, 0.4) is 0 Å². The molecule has 1 aromatic carbocycles. The smallest absolute Gasteiger partial charge is 0.254 e. The third-order valence-electron chi connectivity index (χ3n) is 4.56. The number of benzene rings is 1. The topological polar surface area (TPSA) is 51.0 Å². The van der Waals surface area contributed by atoms with Crippen molar-refractivity contribution in [2.75, 3.05) is 7.05 Å². The summed E-state index contributed by atoms with van der Waals surface area (Å²) in [5.41, 5.74) is 3.93. The maximum absolute atomic E-state index is 13.3. The second kappa shape index (κ2) is 7.49. The zero-order valence-corrected chi connectivity index (χ0v) is 17.6. The molecule has 2 heterocycles. The number of halogens is 2. The minimum absolute atomic E-state index is 0.0773. The van der Waals surface area contributed by atoms with E-state index in [4.69, 9.17) is 28.2 Å². The number of aromatic nitrogens is 3. The van der Waals surface area contributed by atoms with E-state index < -0.39 is 0 Å². The molecule has 0 aliphatic heterocycles. The molecule has 0 fully saturated rings. The summed E-state index contributed by atoms with van der Waals surface area (Å²) in [6, 6.07) is 7.28. The first-order valence-corrected chi connectivity index (χ1v) is 9.48. The Labute approximate surface area is 168 Å². The van der Waals surface area contributed by atoms with E-state index in [9.17, 15) is 4.79 Å². The SMILES string of the molecule is Cc1nn(C)c2nc(C(C)C)cc(C(=O)N(C)Cc3ccc(Cl)c(Cl)c3)c12. The van der Waals surface area contributed by atoms with Crippen LogP contribution in [0, 0.1) is 6.92 Å². The van der Waals surface area contributed by atoms with Crippen LogP contribution in [0.25, 0.3) is 11.0 Å². The lowest BCUT2D eigenvalue weighted by Gasteiger charge is -2.19. The molecule has 2 aromatic heterocycles. The number of amides is 1. The Bertz CT molecular complexity index is 1030. The standard InChI is InChI=1S/C20H22Cl2N4O/c1-11(2)17-9-14(18-12(3)24-26(5)19(18)23-17)20(27)25(4)10-13-6-7-15(21)16(22)8-13/h6-9,11H,10H2,1-5H3. The van der Waals surface area contributed by atoms with E-state index in [-0.39, 0.29) is 11.8 Å². The van der Waals surface area contributed by atoms with Gasteiger partial charge in [0.25, 0.3) is 5.91 Å². The molecule has 0 saturated heterocycles. The zero-order chi connectivity index (χ0) is 19.9. The van der Waals surface area contributed by atoms with Crippen molar-refractivity contribution < 1.29 is 4.79 Å². The third kappa shape index (κ3) is 3.80. The van der Waals surface area contributed by atoms with E-state index >= 15 is 0 Å². The number of carbonyl (C=O) groups is 1. The van der Waals surface area contributed by atoms with Crippen molar-refractivity contribution in [3.63, 3.8) is 0 Å². The molecule has 3 rings (SSSR count). The van der Waals surface area contributed by atoms with Gasteiger partial charge in [-0.05, 0) is 36.6 Å². The highest BCUT2D eigenvalue weighted by Crippen LogP contribution is 2.27. The largest absolute Gasteiger partial charge is 0.337 e. The summed E-state index contributed by atoms with van der Waals surface area (Å²) < 4.78 is 1.73. The molecular formula is C20H22Cl2N4O. The van der Waals surface area contributed by atoms with Crippen LogP contribution in [0.15, 0.2) is 24.3 Å². The molecule has 0 spiro atoms. The van der Waals surface area contributed by atoms with E-state index in [0.29, 0.717) is 22.2 Å². The van der Waals surface area contributed by atoms with Gasteiger partial charge in [0.1, 0.15) is 0 Å². The molecule has 7 heteroatoms.